The van der Waals surface area contributed by atoms with E-state index in [0.717, 1.165) is 9.15 Å². The molecule has 0 atom stereocenters. The van der Waals surface area contributed by atoms with Crippen molar-refractivity contribution in [3.63, 3.8) is 0 Å². The van der Waals surface area contributed by atoms with Crippen LogP contribution < -0.4 is 11.0 Å². The number of amides is 1. The van der Waals surface area contributed by atoms with Gasteiger partial charge in [0.1, 0.15) is 5.82 Å². The van der Waals surface area contributed by atoms with Gasteiger partial charge in [0.05, 0.1) is 10.9 Å². The summed E-state index contributed by atoms with van der Waals surface area (Å²) in [5, 5.41) is 0.365. The number of aromatic nitrogens is 2. The number of carbonyl (C=O) groups excluding carboxylic acids is 1. The topological polar surface area (TPSA) is 64.0 Å². The highest BCUT2D eigenvalue weighted by molar-refractivity contribution is 9.10. The highest BCUT2D eigenvalue weighted by Crippen LogP contribution is 2.19. The summed E-state index contributed by atoms with van der Waals surface area (Å²) < 4.78 is 15.3. The van der Waals surface area contributed by atoms with E-state index in [1.165, 1.54) is 24.3 Å². The number of fused-ring (bicyclic) bond motifs is 1. The van der Waals surface area contributed by atoms with Gasteiger partial charge in [-0.15, -0.1) is 0 Å². The average Bonchev–Trinajstić information content (AvgIpc) is 2.71. The standard InChI is InChI=1S/C21H13BrFN3O2/c22-15-9-5-14(6-10-15)20(27)25-26-19(13-7-11-16(23)12-8-13)24-18-4-2-1-3-17(18)21(26)28/h1-12H,(H,25,27). The molecule has 4 aromatic rings. The van der Waals surface area contributed by atoms with E-state index in [0.29, 0.717) is 22.0 Å². The number of nitrogens with zero attached hydrogens (tertiary/aromatic N) is 2. The minimum atomic E-state index is -0.463. The summed E-state index contributed by atoms with van der Waals surface area (Å²) in [5.74, 6) is -0.651. The van der Waals surface area contributed by atoms with Crippen LogP contribution in [-0.2, 0) is 0 Å². The molecule has 0 radical (unpaired) electrons. The molecule has 1 amide bonds. The Labute approximate surface area is 167 Å². The first-order valence-corrected chi connectivity index (χ1v) is 9.17. The number of rotatable bonds is 3. The lowest BCUT2D eigenvalue weighted by Gasteiger charge is -2.14. The summed E-state index contributed by atoms with van der Waals surface area (Å²) >= 11 is 3.32. The molecule has 1 aromatic heterocycles. The smallest absolute Gasteiger partial charge is 0.267 e. The van der Waals surface area contributed by atoms with Crippen molar-refractivity contribution >= 4 is 32.7 Å². The van der Waals surface area contributed by atoms with Gasteiger partial charge in [0.2, 0.25) is 0 Å². The Morgan fingerprint density at radius 1 is 0.964 bits per heavy atom. The van der Waals surface area contributed by atoms with Crippen molar-refractivity contribution in [3.05, 3.63) is 99.0 Å². The zero-order valence-corrected chi connectivity index (χ0v) is 16.0. The van der Waals surface area contributed by atoms with Gasteiger partial charge < -0.3 is 0 Å². The van der Waals surface area contributed by atoms with Gasteiger partial charge in [-0.25, -0.2) is 9.37 Å². The van der Waals surface area contributed by atoms with Crippen LogP contribution >= 0.6 is 15.9 Å². The Balaban J connectivity index is 1.87. The fraction of sp³-hybridized carbons (Fsp3) is 0. The number of para-hydroxylation sites is 1. The van der Waals surface area contributed by atoms with Crippen LogP contribution in [0.15, 0.2) is 82.1 Å². The van der Waals surface area contributed by atoms with E-state index < -0.39 is 17.3 Å². The van der Waals surface area contributed by atoms with E-state index in [9.17, 15) is 14.0 Å². The van der Waals surface area contributed by atoms with Crippen molar-refractivity contribution in [2.75, 3.05) is 5.43 Å². The number of nitrogens with one attached hydrogen (secondary N) is 1. The predicted molar refractivity (Wildman–Crippen MR) is 109 cm³/mol. The number of benzene rings is 3. The van der Waals surface area contributed by atoms with Crippen LogP contribution in [-0.4, -0.2) is 15.6 Å². The van der Waals surface area contributed by atoms with Crippen molar-refractivity contribution < 1.29 is 9.18 Å². The van der Waals surface area contributed by atoms with Crippen LogP contribution in [0.5, 0.6) is 0 Å². The fourth-order valence-electron chi connectivity index (χ4n) is 2.80. The normalized spacial score (nSPS) is 10.8. The summed E-state index contributed by atoms with van der Waals surface area (Å²) in [7, 11) is 0. The molecule has 4 rings (SSSR count). The molecule has 0 saturated heterocycles. The number of hydrogen-bond acceptors (Lipinski definition) is 3. The zero-order chi connectivity index (χ0) is 19.7. The molecule has 28 heavy (non-hydrogen) atoms. The molecule has 0 spiro atoms. The minimum Gasteiger partial charge on any atom is -0.267 e. The molecular weight excluding hydrogens is 425 g/mol. The monoisotopic (exact) mass is 437 g/mol. The largest absolute Gasteiger partial charge is 0.280 e. The molecule has 1 heterocycles. The summed E-state index contributed by atoms with van der Waals surface area (Å²) in [5.41, 5.74) is 3.56. The quantitative estimate of drug-likeness (QED) is 0.518. The molecular formula is C21H13BrFN3O2. The van der Waals surface area contributed by atoms with E-state index in [1.807, 2.05) is 0 Å². The van der Waals surface area contributed by atoms with Gasteiger partial charge in [-0.2, -0.15) is 4.68 Å². The lowest BCUT2D eigenvalue weighted by atomic mass is 10.2. The maximum atomic E-state index is 13.3. The molecule has 1 N–H and O–H groups in total. The first-order chi connectivity index (χ1) is 13.5. The van der Waals surface area contributed by atoms with Gasteiger partial charge in [0.15, 0.2) is 5.82 Å². The summed E-state index contributed by atoms with van der Waals surface area (Å²) in [6, 6.07) is 19.2. The number of halogens is 2. The lowest BCUT2D eigenvalue weighted by molar-refractivity contribution is 0.101. The van der Waals surface area contributed by atoms with E-state index in [2.05, 4.69) is 26.3 Å². The van der Waals surface area contributed by atoms with E-state index >= 15 is 0 Å². The SMILES string of the molecule is O=C(Nn1c(-c2ccc(F)cc2)nc2ccccc2c1=O)c1ccc(Br)cc1. The molecule has 0 aliphatic heterocycles. The zero-order valence-electron chi connectivity index (χ0n) is 14.4. The molecule has 0 bridgehead atoms. The third-order valence-corrected chi connectivity index (χ3v) is 4.73. The van der Waals surface area contributed by atoms with Gasteiger partial charge in [-0.05, 0) is 60.7 Å². The van der Waals surface area contributed by atoms with E-state index in [-0.39, 0.29) is 5.82 Å². The maximum Gasteiger partial charge on any atom is 0.280 e. The Bertz CT molecular complexity index is 1240. The molecule has 0 aliphatic carbocycles. The molecule has 138 valence electrons. The van der Waals surface area contributed by atoms with Crippen LogP contribution in [0.2, 0.25) is 0 Å². The van der Waals surface area contributed by atoms with Gasteiger partial charge in [0.25, 0.3) is 11.5 Å². The van der Waals surface area contributed by atoms with Crippen molar-refractivity contribution in [2.24, 2.45) is 0 Å². The second kappa shape index (κ2) is 7.36. The van der Waals surface area contributed by atoms with E-state index in [1.54, 1.807) is 48.5 Å². The highest BCUT2D eigenvalue weighted by Gasteiger charge is 2.16. The van der Waals surface area contributed by atoms with Gasteiger partial charge in [-0.1, -0.05) is 28.1 Å². The van der Waals surface area contributed by atoms with Gasteiger partial charge in [0, 0.05) is 15.6 Å². The Morgan fingerprint density at radius 2 is 1.64 bits per heavy atom. The van der Waals surface area contributed by atoms with Crippen molar-refractivity contribution in [1.82, 2.24) is 9.66 Å². The van der Waals surface area contributed by atoms with Crippen molar-refractivity contribution in [2.45, 2.75) is 0 Å². The highest BCUT2D eigenvalue weighted by atomic mass is 79.9. The number of carbonyl (C=O) groups is 1. The first kappa shape index (κ1) is 18.1. The van der Waals surface area contributed by atoms with Crippen molar-refractivity contribution in [1.29, 1.82) is 0 Å². The third kappa shape index (κ3) is 3.44. The van der Waals surface area contributed by atoms with Crippen LogP contribution in [0, 0.1) is 5.82 Å². The summed E-state index contributed by atoms with van der Waals surface area (Å²) in [6.45, 7) is 0. The number of hydrogen-bond donors (Lipinski definition) is 1. The third-order valence-electron chi connectivity index (χ3n) is 4.20. The molecule has 5 nitrogen and oxygen atoms in total. The second-order valence-electron chi connectivity index (χ2n) is 6.05. The van der Waals surface area contributed by atoms with Crippen LogP contribution in [0.1, 0.15) is 10.4 Å². The Morgan fingerprint density at radius 3 is 2.36 bits per heavy atom. The molecule has 0 aliphatic rings. The average molecular weight is 438 g/mol. The van der Waals surface area contributed by atoms with Gasteiger partial charge >= 0.3 is 0 Å². The maximum absolute atomic E-state index is 13.3. The molecule has 0 unspecified atom stereocenters. The molecule has 0 fully saturated rings. The van der Waals surface area contributed by atoms with Crippen LogP contribution in [0.3, 0.4) is 0 Å². The summed E-state index contributed by atoms with van der Waals surface area (Å²) in [4.78, 5) is 30.2. The second-order valence-corrected chi connectivity index (χ2v) is 6.96. The van der Waals surface area contributed by atoms with Gasteiger partial charge in [-0.3, -0.25) is 15.0 Å². The molecule has 3 aromatic carbocycles. The van der Waals surface area contributed by atoms with Crippen LogP contribution in [0.4, 0.5) is 4.39 Å². The predicted octanol–water partition coefficient (Wildman–Crippen LogP) is 4.35. The summed E-state index contributed by atoms with van der Waals surface area (Å²) in [6.07, 6.45) is 0. The fourth-order valence-corrected chi connectivity index (χ4v) is 3.06. The molecule has 7 heteroatoms. The van der Waals surface area contributed by atoms with E-state index in [4.69, 9.17) is 0 Å². The minimum absolute atomic E-state index is 0.217. The lowest BCUT2D eigenvalue weighted by Crippen LogP contribution is -2.35. The van der Waals surface area contributed by atoms with Crippen molar-refractivity contribution in [3.8, 4) is 11.4 Å². The molecule has 0 saturated carbocycles. The first-order valence-electron chi connectivity index (χ1n) is 8.37. The van der Waals surface area contributed by atoms with Crippen LogP contribution in [0.25, 0.3) is 22.3 Å². The Hall–Kier alpha value is -3.32. The Kier molecular flexibility index (Phi) is 4.75.